The number of unbranched alkanes of at least 4 members (excludes halogenated alkanes) is 1. The molecule has 0 spiro atoms. The van der Waals surface area contributed by atoms with Crippen LogP contribution in [0.5, 0.6) is 17.2 Å². The lowest BCUT2D eigenvalue weighted by atomic mass is 9.86. The Balaban J connectivity index is 0.000000603. The van der Waals surface area contributed by atoms with E-state index < -0.39 is 23.2 Å². The Morgan fingerprint density at radius 3 is 2.45 bits per heavy atom. The van der Waals surface area contributed by atoms with Crippen molar-refractivity contribution in [3.05, 3.63) is 94.6 Å². The molecular formula is C40H54F2N2O11. The van der Waals surface area contributed by atoms with Crippen LogP contribution in [0.1, 0.15) is 70.3 Å². The maximum Gasteiger partial charge on any atom is 0.330 e. The van der Waals surface area contributed by atoms with Crippen LogP contribution in [-0.4, -0.2) is 81.0 Å². The third-order valence-corrected chi connectivity index (χ3v) is 7.73. The standard InChI is InChI=1S/C23H30N2O9.C16H21FO2.CH3F/c1-3-4-5-6-10-21(26)24-17-23(28)34-19-13-12-18(16-20(19)31-2)9-7-14-32-22(27)11-8-15-33-25(29)30;17-14(12-19-15-7-2-1-3-8-15)11-10-13-6-4-5-9-16(13)18;1-2/h3-4,7,9,12-13,16H,5-6,8,10-11,14-15,17H2,1-2H3,(H,24,26);1-3,7-8,10-11,13-14,16,18H,4-6,9,12H2;1H3/b4-3-,9-7+;11-10+;. The molecule has 1 aliphatic carbocycles. The summed E-state index contributed by atoms with van der Waals surface area (Å²) in [6.07, 6.45) is 15.0. The molecule has 3 rings (SSSR count). The van der Waals surface area contributed by atoms with Crippen molar-refractivity contribution in [3.63, 3.8) is 0 Å². The van der Waals surface area contributed by atoms with E-state index in [1.165, 1.54) is 13.2 Å². The van der Waals surface area contributed by atoms with Gasteiger partial charge in [-0.15, -0.1) is 10.1 Å². The first-order valence-electron chi connectivity index (χ1n) is 18.0. The van der Waals surface area contributed by atoms with Crippen molar-refractivity contribution in [1.29, 1.82) is 0 Å². The Morgan fingerprint density at radius 1 is 1.02 bits per heavy atom. The molecule has 2 N–H and O–H groups in total. The fourth-order valence-electron chi connectivity index (χ4n) is 4.97. The Morgan fingerprint density at radius 2 is 1.76 bits per heavy atom. The van der Waals surface area contributed by atoms with Crippen LogP contribution < -0.4 is 19.5 Å². The normalized spacial score (nSPS) is 15.5. The SMILES string of the molecule is C/C=C\CCCC(=O)NCC(=O)Oc1ccc(/C=C/COC(=O)CCCO[N+](=O)[O-])cc1OC.CF.OC1CCCCC1/C=C/C(F)COc1ccccc1. The van der Waals surface area contributed by atoms with Crippen LogP contribution in [0.15, 0.2) is 78.9 Å². The molecule has 0 bridgehead atoms. The van der Waals surface area contributed by atoms with E-state index in [2.05, 4.69) is 10.2 Å². The molecule has 1 amide bonds. The van der Waals surface area contributed by atoms with Gasteiger partial charge in [0.1, 0.15) is 25.5 Å². The number of nitrogens with one attached hydrogen (secondary N) is 1. The maximum atomic E-state index is 13.7. The van der Waals surface area contributed by atoms with Crippen LogP contribution in [0.3, 0.4) is 0 Å². The van der Waals surface area contributed by atoms with E-state index in [1.54, 1.807) is 42.5 Å². The minimum absolute atomic E-state index is 0.00617. The highest BCUT2D eigenvalue weighted by Gasteiger charge is 2.20. The van der Waals surface area contributed by atoms with Gasteiger partial charge in [-0.2, -0.15) is 0 Å². The van der Waals surface area contributed by atoms with Gasteiger partial charge in [0.15, 0.2) is 17.7 Å². The van der Waals surface area contributed by atoms with Crippen molar-refractivity contribution in [3.8, 4) is 17.2 Å². The van der Waals surface area contributed by atoms with Gasteiger partial charge in [0.2, 0.25) is 5.91 Å². The zero-order valence-corrected chi connectivity index (χ0v) is 31.7. The number of benzene rings is 2. The van der Waals surface area contributed by atoms with Crippen LogP contribution in [0.2, 0.25) is 0 Å². The molecule has 15 heteroatoms. The molecule has 0 saturated heterocycles. The van der Waals surface area contributed by atoms with E-state index in [0.29, 0.717) is 37.1 Å². The largest absolute Gasteiger partial charge is 0.493 e. The van der Waals surface area contributed by atoms with Crippen LogP contribution in [0.4, 0.5) is 8.78 Å². The number of carbonyl (C=O) groups is 3. The first-order valence-corrected chi connectivity index (χ1v) is 18.0. The number of hydrogen-bond donors (Lipinski definition) is 2. The summed E-state index contributed by atoms with van der Waals surface area (Å²) in [7, 11) is 1.93. The van der Waals surface area contributed by atoms with Gasteiger partial charge in [0, 0.05) is 18.8 Å². The van der Waals surface area contributed by atoms with Gasteiger partial charge in [0.25, 0.3) is 5.09 Å². The molecule has 0 heterocycles. The molecule has 1 fully saturated rings. The van der Waals surface area contributed by atoms with Crippen molar-refractivity contribution in [2.24, 2.45) is 5.92 Å². The van der Waals surface area contributed by atoms with E-state index >= 15 is 0 Å². The van der Waals surface area contributed by atoms with Crippen LogP contribution in [-0.2, 0) is 24.0 Å². The highest BCUT2D eigenvalue weighted by atomic mass is 19.1. The second kappa shape index (κ2) is 30.1. The zero-order valence-electron chi connectivity index (χ0n) is 31.7. The van der Waals surface area contributed by atoms with Crippen molar-refractivity contribution >= 4 is 23.9 Å². The fraction of sp³-hybridized carbons (Fsp3) is 0.475. The van der Waals surface area contributed by atoms with Crippen LogP contribution in [0.25, 0.3) is 6.08 Å². The minimum atomic E-state index is -1.13. The number of allylic oxidation sites excluding steroid dienone is 2. The summed E-state index contributed by atoms with van der Waals surface area (Å²) in [5.74, 6) is -0.0500. The van der Waals surface area contributed by atoms with E-state index in [-0.39, 0.29) is 62.9 Å². The number of carbonyl (C=O) groups excluding carboxylic acids is 3. The van der Waals surface area contributed by atoms with E-state index in [0.717, 1.165) is 32.1 Å². The molecule has 3 unspecified atom stereocenters. The number of esters is 2. The summed E-state index contributed by atoms with van der Waals surface area (Å²) in [6.45, 7) is 1.52. The highest BCUT2D eigenvalue weighted by molar-refractivity contribution is 5.83. The van der Waals surface area contributed by atoms with Gasteiger partial charge in [-0.3, -0.25) is 14.0 Å². The Labute approximate surface area is 321 Å². The lowest BCUT2D eigenvalue weighted by Gasteiger charge is -2.24. The van der Waals surface area contributed by atoms with E-state index in [4.69, 9.17) is 18.9 Å². The van der Waals surface area contributed by atoms with Crippen LogP contribution in [0, 0.1) is 16.0 Å². The predicted octanol–water partition coefficient (Wildman–Crippen LogP) is 7.10. The number of nitrogens with zero attached hydrogens (tertiary/aromatic N) is 1. The molecular weight excluding hydrogens is 722 g/mol. The summed E-state index contributed by atoms with van der Waals surface area (Å²) < 4.78 is 44.0. The van der Waals surface area contributed by atoms with Gasteiger partial charge < -0.3 is 34.2 Å². The molecule has 1 aliphatic rings. The average molecular weight is 777 g/mol. The second-order valence-corrected chi connectivity index (χ2v) is 11.9. The lowest BCUT2D eigenvalue weighted by Crippen LogP contribution is -2.31. The van der Waals surface area contributed by atoms with Gasteiger partial charge in [0.05, 0.1) is 27.0 Å². The third kappa shape index (κ3) is 23.2. The fourth-order valence-corrected chi connectivity index (χ4v) is 4.97. The van der Waals surface area contributed by atoms with Gasteiger partial charge in [-0.1, -0.05) is 67.5 Å². The van der Waals surface area contributed by atoms with Gasteiger partial charge >= 0.3 is 11.9 Å². The van der Waals surface area contributed by atoms with E-state index in [1.807, 2.05) is 43.4 Å². The molecule has 0 aromatic heterocycles. The van der Waals surface area contributed by atoms with Crippen molar-refractivity contribution in [2.75, 3.05) is 40.7 Å². The number of hydrogen-bond acceptors (Lipinski definition) is 11. The highest BCUT2D eigenvalue weighted by Crippen LogP contribution is 2.29. The van der Waals surface area contributed by atoms with Crippen LogP contribution >= 0.6 is 0 Å². The first-order chi connectivity index (χ1) is 26.6. The van der Waals surface area contributed by atoms with E-state index in [9.17, 15) is 38.4 Å². The molecule has 2 aromatic carbocycles. The number of methoxy groups -OCH3 is 1. The summed E-state index contributed by atoms with van der Waals surface area (Å²) in [4.78, 5) is 49.5. The topological polar surface area (TPSA) is 173 Å². The van der Waals surface area contributed by atoms with Crippen molar-refractivity contribution in [2.45, 2.75) is 77.0 Å². The second-order valence-electron chi connectivity index (χ2n) is 11.9. The minimum Gasteiger partial charge on any atom is -0.493 e. The average Bonchev–Trinajstić information content (AvgIpc) is 3.19. The van der Waals surface area contributed by atoms with Crippen molar-refractivity contribution < 1.29 is 57.1 Å². The molecule has 3 atom stereocenters. The number of ether oxygens (including phenoxy) is 4. The summed E-state index contributed by atoms with van der Waals surface area (Å²) in [5, 5.41) is 21.4. The number of aliphatic hydroxyl groups is 1. The predicted molar refractivity (Wildman–Crippen MR) is 203 cm³/mol. The Kier molecular flexibility index (Phi) is 26.1. The number of halogens is 2. The summed E-state index contributed by atoms with van der Waals surface area (Å²) >= 11 is 0. The number of para-hydroxylation sites is 1. The maximum absolute atomic E-state index is 13.7. The van der Waals surface area contributed by atoms with Crippen molar-refractivity contribution in [1.82, 2.24) is 5.32 Å². The monoisotopic (exact) mass is 776 g/mol. The smallest absolute Gasteiger partial charge is 0.330 e. The van der Waals surface area contributed by atoms with Gasteiger partial charge in [-0.25, -0.2) is 9.18 Å². The summed E-state index contributed by atoms with van der Waals surface area (Å²) in [5.41, 5.74) is 0.710. The number of aliphatic hydroxyl groups excluding tert-OH is 1. The first kappa shape index (κ1) is 47.7. The molecule has 0 radical (unpaired) electrons. The molecule has 1 saturated carbocycles. The molecule has 304 valence electrons. The number of amides is 1. The Hall–Kier alpha value is -5.31. The van der Waals surface area contributed by atoms with Gasteiger partial charge in [-0.05, 0) is 74.9 Å². The lowest BCUT2D eigenvalue weighted by molar-refractivity contribution is -0.757. The molecule has 2 aromatic rings. The molecule has 13 nitrogen and oxygen atoms in total. The quantitative estimate of drug-likeness (QED) is 0.0331. The summed E-state index contributed by atoms with van der Waals surface area (Å²) in [6, 6.07) is 14.1. The number of alkyl halides is 2. The molecule has 0 aliphatic heterocycles. The number of rotatable bonds is 21. The molecule has 55 heavy (non-hydrogen) atoms. The third-order valence-electron chi connectivity index (χ3n) is 7.73. The Bertz CT molecular complexity index is 1490. The zero-order chi connectivity index (χ0) is 40.7.